The number of nitrogens with zero attached hydrogens (tertiary/aromatic N) is 3. The van der Waals surface area contributed by atoms with E-state index in [1.165, 1.54) is 11.3 Å². The maximum atomic E-state index is 12.3. The van der Waals surface area contributed by atoms with Crippen molar-refractivity contribution < 1.29 is 9.21 Å². The van der Waals surface area contributed by atoms with Crippen molar-refractivity contribution in [2.75, 3.05) is 24.5 Å². The molecule has 1 saturated heterocycles. The second-order valence-electron chi connectivity index (χ2n) is 7.75. The normalized spacial score (nSPS) is 16.1. The van der Waals surface area contributed by atoms with Gasteiger partial charge in [0.1, 0.15) is 0 Å². The van der Waals surface area contributed by atoms with Gasteiger partial charge in [-0.25, -0.2) is 0 Å². The highest BCUT2D eigenvalue weighted by Gasteiger charge is 2.23. The lowest BCUT2D eigenvalue weighted by molar-refractivity contribution is -0.121. The van der Waals surface area contributed by atoms with E-state index in [9.17, 15) is 4.79 Å². The van der Waals surface area contributed by atoms with E-state index in [0.29, 0.717) is 37.1 Å². The van der Waals surface area contributed by atoms with Crippen LogP contribution in [0.25, 0.3) is 11.5 Å². The minimum absolute atomic E-state index is 0.0194. The first kappa shape index (κ1) is 20.6. The molecule has 0 bridgehead atoms. The smallest absolute Gasteiger partial charge is 0.247 e. The summed E-state index contributed by atoms with van der Waals surface area (Å²) in [5.41, 5.74) is 3.29. The number of rotatable bonds is 7. The van der Waals surface area contributed by atoms with E-state index < -0.39 is 0 Å². The minimum Gasteiger partial charge on any atom is -0.421 e. The van der Waals surface area contributed by atoms with Crippen LogP contribution in [0.4, 0.5) is 5.69 Å². The molecule has 2 heterocycles. The van der Waals surface area contributed by atoms with Crippen LogP contribution in [-0.4, -0.2) is 35.7 Å². The number of carbonyl (C=O) groups excluding carboxylic acids is 1. The zero-order valence-electron chi connectivity index (χ0n) is 17.0. The van der Waals surface area contributed by atoms with Gasteiger partial charge in [-0.2, -0.15) is 0 Å². The van der Waals surface area contributed by atoms with Gasteiger partial charge >= 0.3 is 0 Å². The summed E-state index contributed by atoms with van der Waals surface area (Å²) in [6.07, 6.45) is 1.87. The highest BCUT2D eigenvalue weighted by Crippen LogP contribution is 2.26. The lowest BCUT2D eigenvalue weighted by atomic mass is 10.1. The number of carbonyl (C=O) groups is 1. The van der Waals surface area contributed by atoms with Gasteiger partial charge in [0.25, 0.3) is 0 Å². The van der Waals surface area contributed by atoms with E-state index in [0.717, 1.165) is 29.5 Å². The van der Waals surface area contributed by atoms with Crippen LogP contribution in [0.1, 0.15) is 24.3 Å². The molecule has 4 rings (SSSR count). The molecule has 0 saturated carbocycles. The fourth-order valence-corrected chi connectivity index (χ4v) is 4.03. The van der Waals surface area contributed by atoms with Gasteiger partial charge in [-0.3, -0.25) is 4.79 Å². The minimum atomic E-state index is 0.0194. The van der Waals surface area contributed by atoms with Crippen LogP contribution in [0.2, 0.25) is 0 Å². The summed E-state index contributed by atoms with van der Waals surface area (Å²) in [7, 11) is 0. The number of aryl methyl sites for hydroxylation is 2. The Morgan fingerprint density at radius 2 is 2.07 bits per heavy atom. The Balaban J connectivity index is 1.21. The zero-order chi connectivity index (χ0) is 20.9. The van der Waals surface area contributed by atoms with Crippen molar-refractivity contribution in [2.45, 2.75) is 26.2 Å². The number of hydrogen-bond donors (Lipinski definition) is 1. The maximum Gasteiger partial charge on any atom is 0.247 e. The molecule has 6 nitrogen and oxygen atoms in total. The van der Waals surface area contributed by atoms with Crippen LogP contribution in [-0.2, 0) is 11.2 Å². The van der Waals surface area contributed by atoms with E-state index in [1.54, 1.807) is 0 Å². The van der Waals surface area contributed by atoms with Crippen molar-refractivity contribution in [1.29, 1.82) is 0 Å². The summed E-state index contributed by atoms with van der Waals surface area (Å²) in [6, 6.07) is 16.3. The first-order chi connectivity index (χ1) is 14.6. The summed E-state index contributed by atoms with van der Waals surface area (Å²) in [5.74, 6) is 1.46. The summed E-state index contributed by atoms with van der Waals surface area (Å²) in [4.78, 5) is 14.6. The first-order valence-electron chi connectivity index (χ1n) is 10.2. The summed E-state index contributed by atoms with van der Waals surface area (Å²) in [5, 5.41) is 11.2. The van der Waals surface area contributed by atoms with Crippen molar-refractivity contribution >= 4 is 27.5 Å². The Morgan fingerprint density at radius 1 is 1.23 bits per heavy atom. The molecule has 7 heteroatoms. The number of nitrogens with one attached hydrogen (secondary N) is 1. The Bertz CT molecular complexity index is 1000. The lowest BCUT2D eigenvalue weighted by Gasteiger charge is -2.19. The van der Waals surface area contributed by atoms with E-state index in [1.807, 2.05) is 37.3 Å². The Morgan fingerprint density at radius 3 is 2.87 bits per heavy atom. The van der Waals surface area contributed by atoms with Gasteiger partial charge in [0.2, 0.25) is 17.7 Å². The van der Waals surface area contributed by atoms with Crippen LogP contribution in [0.15, 0.2) is 57.4 Å². The van der Waals surface area contributed by atoms with Crippen LogP contribution in [0.3, 0.4) is 0 Å². The number of aromatic nitrogens is 2. The third-order valence-corrected chi connectivity index (χ3v) is 5.87. The summed E-state index contributed by atoms with van der Waals surface area (Å²) >= 11 is 3.53. The van der Waals surface area contributed by atoms with E-state index >= 15 is 0 Å². The highest BCUT2D eigenvalue weighted by atomic mass is 79.9. The number of anilines is 1. The molecular formula is C23H25BrN4O2. The largest absolute Gasteiger partial charge is 0.421 e. The van der Waals surface area contributed by atoms with Gasteiger partial charge in [-0.15, -0.1) is 10.2 Å². The second kappa shape index (κ2) is 9.43. The molecule has 1 aromatic heterocycles. The Kier molecular flexibility index (Phi) is 6.47. The molecular weight excluding hydrogens is 444 g/mol. The van der Waals surface area contributed by atoms with Gasteiger partial charge < -0.3 is 14.6 Å². The predicted molar refractivity (Wildman–Crippen MR) is 120 cm³/mol. The Hall–Kier alpha value is -2.67. The topological polar surface area (TPSA) is 71.3 Å². The number of benzene rings is 2. The van der Waals surface area contributed by atoms with Crippen LogP contribution >= 0.6 is 15.9 Å². The fourth-order valence-electron chi connectivity index (χ4n) is 3.64. The van der Waals surface area contributed by atoms with Crippen molar-refractivity contribution in [3.63, 3.8) is 0 Å². The molecule has 1 amide bonds. The third kappa shape index (κ3) is 5.27. The van der Waals surface area contributed by atoms with Crippen LogP contribution < -0.4 is 10.2 Å². The number of amides is 1. The molecule has 30 heavy (non-hydrogen) atoms. The molecule has 0 spiro atoms. The van der Waals surface area contributed by atoms with Crippen molar-refractivity contribution in [3.8, 4) is 11.5 Å². The highest BCUT2D eigenvalue weighted by molar-refractivity contribution is 9.10. The predicted octanol–water partition coefficient (Wildman–Crippen LogP) is 4.38. The molecule has 2 aromatic carbocycles. The van der Waals surface area contributed by atoms with Crippen molar-refractivity contribution in [2.24, 2.45) is 5.92 Å². The van der Waals surface area contributed by atoms with Gasteiger partial charge in [0.15, 0.2) is 0 Å². The Labute approximate surface area is 184 Å². The molecule has 0 radical (unpaired) electrons. The monoisotopic (exact) mass is 468 g/mol. The first-order valence-corrected chi connectivity index (χ1v) is 11.0. The average Bonchev–Trinajstić information content (AvgIpc) is 3.41. The average molecular weight is 469 g/mol. The quantitative estimate of drug-likeness (QED) is 0.556. The summed E-state index contributed by atoms with van der Waals surface area (Å²) < 4.78 is 6.78. The molecule has 3 aromatic rings. The number of hydrogen-bond acceptors (Lipinski definition) is 5. The van der Waals surface area contributed by atoms with Gasteiger partial charge in [0, 0.05) is 48.2 Å². The van der Waals surface area contributed by atoms with Crippen molar-refractivity contribution in [3.05, 3.63) is 64.5 Å². The third-order valence-electron chi connectivity index (χ3n) is 5.38. The summed E-state index contributed by atoms with van der Waals surface area (Å²) in [6.45, 7) is 4.70. The molecule has 1 unspecified atom stereocenters. The molecule has 1 N–H and O–H groups in total. The van der Waals surface area contributed by atoms with E-state index in [-0.39, 0.29) is 5.91 Å². The standard InChI is InChI=1S/C23H25BrN4O2/c1-16-5-7-18(8-6-16)23-27-26-22(30-23)10-9-21(29)25-14-17-11-12-28(15-17)20-4-2-3-19(24)13-20/h2-8,13,17H,9-12,14-15H2,1H3,(H,25,29). The lowest BCUT2D eigenvalue weighted by Crippen LogP contribution is -2.31. The van der Waals surface area contributed by atoms with Crippen LogP contribution in [0.5, 0.6) is 0 Å². The maximum absolute atomic E-state index is 12.3. The molecule has 1 atom stereocenters. The van der Waals surface area contributed by atoms with E-state index in [4.69, 9.17) is 4.42 Å². The molecule has 1 aliphatic heterocycles. The van der Waals surface area contributed by atoms with Crippen molar-refractivity contribution in [1.82, 2.24) is 15.5 Å². The molecule has 1 aliphatic rings. The molecule has 0 aliphatic carbocycles. The number of halogens is 1. The SMILES string of the molecule is Cc1ccc(-c2nnc(CCC(=O)NCC3CCN(c4cccc(Br)c4)C3)o2)cc1. The second-order valence-corrected chi connectivity index (χ2v) is 8.67. The fraction of sp³-hybridized carbons (Fsp3) is 0.348. The van der Waals surface area contributed by atoms with Gasteiger partial charge in [0.05, 0.1) is 0 Å². The van der Waals surface area contributed by atoms with Gasteiger partial charge in [-0.05, 0) is 49.6 Å². The zero-order valence-corrected chi connectivity index (χ0v) is 18.6. The van der Waals surface area contributed by atoms with Crippen LogP contribution in [0, 0.1) is 12.8 Å². The van der Waals surface area contributed by atoms with E-state index in [2.05, 4.69) is 54.5 Å². The van der Waals surface area contributed by atoms with Gasteiger partial charge in [-0.1, -0.05) is 39.7 Å². The molecule has 156 valence electrons. The molecule has 1 fully saturated rings.